The van der Waals surface area contributed by atoms with Crippen LogP contribution in [0.5, 0.6) is 0 Å². The van der Waals surface area contributed by atoms with Gasteiger partial charge >= 0.3 is 38.8 Å². The van der Waals surface area contributed by atoms with Crippen LogP contribution in [-0.2, 0) is 47.0 Å². The van der Waals surface area contributed by atoms with E-state index in [1.54, 1.807) is 39.6 Å². The first-order valence-corrected chi connectivity index (χ1v) is 7.43. The van der Waals surface area contributed by atoms with Crippen LogP contribution in [0.3, 0.4) is 0 Å². The van der Waals surface area contributed by atoms with Crippen molar-refractivity contribution in [1.29, 1.82) is 0 Å². The molecule has 7 nitrogen and oxygen atoms in total. The summed E-state index contributed by atoms with van der Waals surface area (Å²) in [6, 6.07) is 0. The van der Waals surface area contributed by atoms with E-state index in [2.05, 4.69) is 5.32 Å². The largest absolute Gasteiger partial charge is 3.00 e. The van der Waals surface area contributed by atoms with Crippen molar-refractivity contribution < 1.29 is 51.8 Å². The second-order valence-corrected chi connectivity index (χ2v) is 7.57. The number of amides is 2. The van der Waals surface area contributed by atoms with E-state index in [0.29, 0.717) is 13.1 Å². The smallest absolute Gasteiger partial charge is 0.540 e. The molecule has 0 bridgehead atoms. The van der Waals surface area contributed by atoms with Crippen molar-refractivity contribution >= 4 is 18.3 Å². The van der Waals surface area contributed by atoms with Gasteiger partial charge in [-0.15, -0.1) is 0 Å². The van der Waals surface area contributed by atoms with Gasteiger partial charge in [0.25, 0.3) is 5.91 Å². The number of ether oxygens (including phenoxy) is 1. The van der Waals surface area contributed by atoms with Crippen LogP contribution in [0.2, 0.25) is 0 Å². The number of carbonyl (C=O) groups excluding carboxylic acids is 3. The topological polar surface area (TPSA) is 79.0 Å². The molecule has 0 saturated carbocycles. The molecule has 0 radical (unpaired) electrons. The van der Waals surface area contributed by atoms with E-state index in [9.17, 15) is 14.4 Å². The number of rotatable bonds is 2. The average molecular weight is 399 g/mol. The summed E-state index contributed by atoms with van der Waals surface area (Å²) < 4.78 is 5.22. The van der Waals surface area contributed by atoms with Gasteiger partial charge in [-0.25, -0.2) is 16.1 Å². The summed E-state index contributed by atoms with van der Waals surface area (Å²) in [5, 5.41) is 5.88. The molecule has 2 fully saturated rings. The molecule has 8 heteroatoms. The Morgan fingerprint density at radius 3 is 2.43 bits per heavy atom. The number of alkyl carbamates (subject to hydrolysis) is 1. The molecular formula is C15H24N3O4Y+2. The van der Waals surface area contributed by atoms with Crippen molar-refractivity contribution in [2.75, 3.05) is 13.1 Å². The van der Waals surface area contributed by atoms with Gasteiger partial charge in [0.15, 0.2) is 0 Å². The summed E-state index contributed by atoms with van der Waals surface area (Å²) in [5.41, 5.74) is -2.75. The first kappa shape index (κ1) is 20.5. The first-order chi connectivity index (χ1) is 9.93. The SMILES string of the molecule is CC1CN2CC(C)(NC(=O)OC(C)(C)C)C(=O)N2C1(C)[C-]=O.[Y+3]. The van der Waals surface area contributed by atoms with Gasteiger partial charge in [0.05, 0.1) is 6.54 Å². The minimum absolute atomic E-state index is 0. The van der Waals surface area contributed by atoms with E-state index < -0.39 is 22.8 Å². The fourth-order valence-electron chi connectivity index (χ4n) is 2.98. The Kier molecular flexibility index (Phi) is 5.72. The number of hydrazine groups is 1. The monoisotopic (exact) mass is 399 g/mol. The van der Waals surface area contributed by atoms with Crippen molar-refractivity contribution in [2.24, 2.45) is 5.92 Å². The molecule has 124 valence electrons. The third-order valence-corrected chi connectivity index (χ3v) is 4.31. The second-order valence-electron chi connectivity index (χ2n) is 7.57. The molecule has 3 unspecified atom stereocenters. The third-order valence-electron chi connectivity index (χ3n) is 4.31. The predicted molar refractivity (Wildman–Crippen MR) is 79.5 cm³/mol. The average Bonchev–Trinajstić information content (AvgIpc) is 2.71. The van der Waals surface area contributed by atoms with Crippen molar-refractivity contribution in [3.8, 4) is 0 Å². The van der Waals surface area contributed by atoms with Crippen LogP contribution in [0, 0.1) is 5.92 Å². The zero-order chi connectivity index (χ0) is 16.9. The van der Waals surface area contributed by atoms with Crippen LogP contribution in [0.25, 0.3) is 0 Å². The Morgan fingerprint density at radius 1 is 1.39 bits per heavy atom. The summed E-state index contributed by atoms with van der Waals surface area (Å²) in [4.78, 5) is 36.1. The number of nitrogens with one attached hydrogen (secondary N) is 1. The molecule has 1 N–H and O–H groups in total. The van der Waals surface area contributed by atoms with Crippen LogP contribution >= 0.6 is 0 Å². The Hall–Kier alpha value is -0.526. The van der Waals surface area contributed by atoms with Gasteiger partial charge in [-0.3, -0.25) is 9.80 Å². The predicted octanol–water partition coefficient (Wildman–Crippen LogP) is 0.845. The first-order valence-electron chi connectivity index (χ1n) is 7.43. The Morgan fingerprint density at radius 2 is 1.96 bits per heavy atom. The fourth-order valence-corrected chi connectivity index (χ4v) is 2.98. The van der Waals surface area contributed by atoms with Gasteiger partial charge < -0.3 is 14.8 Å². The number of carbonyl (C=O) groups is 2. The van der Waals surface area contributed by atoms with Gasteiger partial charge in [-0.1, -0.05) is 13.8 Å². The molecule has 0 aromatic carbocycles. The molecule has 2 saturated heterocycles. The Bertz CT molecular complexity index is 521. The van der Waals surface area contributed by atoms with Gasteiger partial charge in [0.1, 0.15) is 11.1 Å². The van der Waals surface area contributed by atoms with Gasteiger partial charge in [-0.05, 0) is 39.2 Å². The molecule has 2 aliphatic heterocycles. The van der Waals surface area contributed by atoms with E-state index in [4.69, 9.17) is 4.74 Å². The maximum Gasteiger partial charge on any atom is 3.00 e. The summed E-state index contributed by atoms with van der Waals surface area (Å²) >= 11 is 0. The normalized spacial score (nSPS) is 33.9. The van der Waals surface area contributed by atoms with Crippen LogP contribution in [0.15, 0.2) is 0 Å². The molecule has 0 spiro atoms. The van der Waals surface area contributed by atoms with Gasteiger partial charge in [0.2, 0.25) is 0 Å². The van der Waals surface area contributed by atoms with Gasteiger partial charge in [0, 0.05) is 6.54 Å². The Labute approximate surface area is 162 Å². The summed E-state index contributed by atoms with van der Waals surface area (Å²) in [7, 11) is 0. The Balaban J connectivity index is 0.00000264. The molecule has 2 rings (SSSR count). The van der Waals surface area contributed by atoms with Crippen molar-refractivity contribution in [3.63, 3.8) is 0 Å². The van der Waals surface area contributed by atoms with E-state index in [1.165, 1.54) is 5.01 Å². The van der Waals surface area contributed by atoms with Crippen LogP contribution in [0.4, 0.5) is 4.79 Å². The summed E-state index contributed by atoms with van der Waals surface area (Å²) in [6.07, 6.45) is 1.35. The number of hydrogen-bond acceptors (Lipinski definition) is 5. The van der Waals surface area contributed by atoms with Crippen LogP contribution in [-0.4, -0.2) is 58.1 Å². The number of hydrogen-bond donors (Lipinski definition) is 1. The van der Waals surface area contributed by atoms with Crippen molar-refractivity contribution in [1.82, 2.24) is 15.3 Å². The van der Waals surface area contributed by atoms with E-state index in [-0.39, 0.29) is 44.5 Å². The molecule has 2 heterocycles. The third kappa shape index (κ3) is 3.61. The second kappa shape index (κ2) is 6.41. The molecular weight excluding hydrogens is 375 g/mol. The molecule has 2 amide bonds. The van der Waals surface area contributed by atoms with Crippen molar-refractivity contribution in [2.45, 2.75) is 58.2 Å². The molecule has 2 aliphatic rings. The number of fused-ring (bicyclic) bond motifs is 1. The molecule has 3 atom stereocenters. The minimum Gasteiger partial charge on any atom is -0.540 e. The molecule has 0 aromatic heterocycles. The fraction of sp³-hybridized carbons (Fsp3) is 0.800. The maximum atomic E-state index is 12.8. The zero-order valence-electron chi connectivity index (χ0n) is 14.6. The minimum atomic E-state index is -1.11. The van der Waals surface area contributed by atoms with Crippen LogP contribution < -0.4 is 5.32 Å². The van der Waals surface area contributed by atoms with Gasteiger partial charge in [-0.2, -0.15) is 0 Å². The van der Waals surface area contributed by atoms with Crippen LogP contribution in [0.1, 0.15) is 41.5 Å². The summed E-state index contributed by atoms with van der Waals surface area (Å²) in [5.74, 6) is -0.325. The van der Waals surface area contributed by atoms with E-state index in [0.717, 1.165) is 0 Å². The standard InChI is InChI=1S/C15H24N3O4.Y/c1-10-7-17-8-14(5,16-12(21)22-13(2,3)4)11(20)18(17)15(10,6)9-19;/h10H,7-8H2,1-6H3,(H,16,21);/q-1;+3. The summed E-state index contributed by atoms with van der Waals surface area (Å²) in [6.45, 7) is 11.4. The van der Waals surface area contributed by atoms with E-state index in [1.807, 2.05) is 13.2 Å². The maximum absolute atomic E-state index is 12.8. The molecule has 23 heavy (non-hydrogen) atoms. The van der Waals surface area contributed by atoms with Crippen molar-refractivity contribution in [3.05, 3.63) is 0 Å². The van der Waals surface area contributed by atoms with E-state index >= 15 is 0 Å². The quantitative estimate of drug-likeness (QED) is 0.697. The molecule has 0 aromatic rings. The molecule has 0 aliphatic carbocycles. The zero-order valence-corrected chi connectivity index (χ0v) is 17.4. The number of nitrogens with zero attached hydrogens (tertiary/aromatic N) is 2.